The molecule has 3 heterocycles. The Morgan fingerprint density at radius 1 is 1.00 bits per heavy atom. The number of rotatable bonds is 8. The van der Waals surface area contributed by atoms with Gasteiger partial charge in [-0.2, -0.15) is 5.10 Å². The molecule has 9 heteroatoms. The minimum Gasteiger partial charge on any atom is -0.350 e. The summed E-state index contributed by atoms with van der Waals surface area (Å²) in [7, 11) is 0. The fraction of sp³-hybridized carbons (Fsp3) is 0.114. The fourth-order valence-electron chi connectivity index (χ4n) is 5.49. The summed E-state index contributed by atoms with van der Waals surface area (Å²) in [4.78, 5) is 22.5. The van der Waals surface area contributed by atoms with Crippen molar-refractivity contribution in [3.63, 3.8) is 0 Å². The molecule has 0 bridgehead atoms. The summed E-state index contributed by atoms with van der Waals surface area (Å²) in [5, 5.41) is 12.3. The quantitative estimate of drug-likeness (QED) is 0.148. The Bertz CT molecular complexity index is 2020. The maximum Gasteiger partial charge on any atom is 0.273 e. The average molecular weight is 622 g/mol. The third kappa shape index (κ3) is 5.48. The van der Waals surface area contributed by atoms with Crippen LogP contribution in [0.4, 0.5) is 5.82 Å². The molecule has 3 aromatic heterocycles. The Hall–Kier alpha value is -4.85. The number of H-pyrrole nitrogens is 2. The number of halogens is 2. The molecule has 0 radical (unpaired) electrons. The van der Waals surface area contributed by atoms with Crippen LogP contribution in [0.2, 0.25) is 10.0 Å². The second-order valence-corrected chi connectivity index (χ2v) is 11.2. The van der Waals surface area contributed by atoms with Crippen molar-refractivity contribution in [3.8, 4) is 22.5 Å². The predicted molar refractivity (Wildman–Crippen MR) is 180 cm³/mol. The van der Waals surface area contributed by atoms with E-state index in [1.54, 1.807) is 6.20 Å². The molecule has 220 valence electrons. The van der Waals surface area contributed by atoms with Crippen LogP contribution in [-0.2, 0) is 0 Å². The van der Waals surface area contributed by atoms with Crippen LogP contribution in [0.1, 0.15) is 48.4 Å². The summed E-state index contributed by atoms with van der Waals surface area (Å²) in [6.45, 7) is 6.00. The fourth-order valence-corrected chi connectivity index (χ4v) is 5.79. The molecule has 0 fully saturated rings. The SMILES string of the molecule is C/C=C\C(=C/C)c1cn[nH]c1NC(=O)c1[nH]c2cc(Cl)ccc2c1-c1c(-c2ccccc2)ncn1C(C)c1ccc(Cl)cc1. The van der Waals surface area contributed by atoms with E-state index in [1.807, 2.05) is 111 Å². The number of benzene rings is 3. The van der Waals surface area contributed by atoms with Crippen molar-refractivity contribution in [2.45, 2.75) is 26.8 Å². The molecule has 1 amide bonds. The highest BCUT2D eigenvalue weighted by Crippen LogP contribution is 2.41. The van der Waals surface area contributed by atoms with Gasteiger partial charge in [-0.05, 0) is 56.2 Å². The molecule has 0 aliphatic heterocycles. The second kappa shape index (κ2) is 12.4. The number of carbonyl (C=O) groups is 1. The van der Waals surface area contributed by atoms with Crippen molar-refractivity contribution in [2.75, 3.05) is 5.32 Å². The van der Waals surface area contributed by atoms with Crippen LogP contribution in [-0.4, -0.2) is 30.6 Å². The highest BCUT2D eigenvalue weighted by molar-refractivity contribution is 6.31. The topological polar surface area (TPSA) is 91.4 Å². The summed E-state index contributed by atoms with van der Waals surface area (Å²) in [6.07, 6.45) is 9.42. The van der Waals surface area contributed by atoms with Crippen LogP contribution in [0.25, 0.3) is 39.0 Å². The molecular formula is C35H30Cl2N6O. The summed E-state index contributed by atoms with van der Waals surface area (Å²) in [5.74, 6) is 0.162. The number of carbonyl (C=O) groups excluding carboxylic acids is 1. The molecule has 6 rings (SSSR count). The standard InChI is InChI=1S/C35H30Cl2N6O/c1-4-9-22(5-2)28-19-39-42-34(28)41-35(44)32-30(27-17-16-26(37)18-29(27)40-32)33-31(24-10-7-6-8-11-24)38-20-43(33)21(3)23-12-14-25(36)15-13-23/h4-21,40H,1-3H3,(H2,39,41,42,44)/b9-4-,22-5+. The second-order valence-electron chi connectivity index (χ2n) is 10.4. The Balaban J connectivity index is 1.56. The molecule has 44 heavy (non-hydrogen) atoms. The third-order valence-electron chi connectivity index (χ3n) is 7.68. The number of hydrogen-bond acceptors (Lipinski definition) is 3. The van der Waals surface area contributed by atoms with Crippen molar-refractivity contribution in [1.82, 2.24) is 24.7 Å². The van der Waals surface area contributed by atoms with Gasteiger partial charge in [0.25, 0.3) is 5.91 Å². The zero-order valence-corrected chi connectivity index (χ0v) is 25.9. The van der Waals surface area contributed by atoms with E-state index in [1.165, 1.54) is 0 Å². The van der Waals surface area contributed by atoms with E-state index >= 15 is 0 Å². The van der Waals surface area contributed by atoms with Gasteiger partial charge in [0.2, 0.25) is 0 Å². The van der Waals surface area contributed by atoms with Crippen LogP contribution in [0.3, 0.4) is 0 Å². The normalized spacial score (nSPS) is 12.7. The van der Waals surface area contributed by atoms with Crippen molar-refractivity contribution in [2.24, 2.45) is 0 Å². The molecule has 0 saturated heterocycles. The van der Waals surface area contributed by atoms with Crippen LogP contribution in [0.15, 0.2) is 104 Å². The van der Waals surface area contributed by atoms with Crippen LogP contribution < -0.4 is 5.32 Å². The van der Waals surface area contributed by atoms with Gasteiger partial charge in [0.05, 0.1) is 30.0 Å². The molecule has 0 aliphatic rings. The highest BCUT2D eigenvalue weighted by Gasteiger charge is 2.28. The number of imidazole rings is 1. The van der Waals surface area contributed by atoms with Gasteiger partial charge in [0, 0.05) is 37.6 Å². The molecule has 1 unspecified atom stereocenters. The van der Waals surface area contributed by atoms with Crippen LogP contribution >= 0.6 is 23.2 Å². The minimum absolute atomic E-state index is 0.127. The van der Waals surface area contributed by atoms with Gasteiger partial charge >= 0.3 is 0 Å². The largest absolute Gasteiger partial charge is 0.350 e. The summed E-state index contributed by atoms with van der Waals surface area (Å²) in [6, 6.07) is 23.2. The number of nitrogens with zero attached hydrogens (tertiary/aromatic N) is 3. The molecule has 3 N–H and O–H groups in total. The van der Waals surface area contributed by atoms with Gasteiger partial charge in [-0.1, -0.05) is 90.0 Å². The van der Waals surface area contributed by atoms with Crippen LogP contribution in [0.5, 0.6) is 0 Å². The van der Waals surface area contributed by atoms with Gasteiger partial charge in [-0.3, -0.25) is 9.89 Å². The molecule has 3 aromatic carbocycles. The molecule has 0 saturated carbocycles. The number of allylic oxidation sites excluding steroid dienone is 4. The molecule has 7 nitrogen and oxygen atoms in total. The number of nitrogens with one attached hydrogen (secondary N) is 3. The van der Waals surface area contributed by atoms with E-state index in [-0.39, 0.29) is 11.9 Å². The zero-order chi connectivity index (χ0) is 30.8. The highest BCUT2D eigenvalue weighted by atomic mass is 35.5. The third-order valence-corrected chi connectivity index (χ3v) is 8.17. The lowest BCUT2D eigenvalue weighted by Gasteiger charge is -2.19. The molecule has 0 aliphatic carbocycles. The maximum atomic E-state index is 14.2. The van der Waals surface area contributed by atoms with Crippen molar-refractivity contribution in [3.05, 3.63) is 130 Å². The first kappa shape index (κ1) is 29.2. The number of hydrogen-bond donors (Lipinski definition) is 3. The summed E-state index contributed by atoms with van der Waals surface area (Å²) in [5.41, 5.74) is 7.06. The molecular weight excluding hydrogens is 591 g/mol. The number of aromatic amines is 2. The Labute approximate surface area is 265 Å². The summed E-state index contributed by atoms with van der Waals surface area (Å²) < 4.78 is 2.10. The van der Waals surface area contributed by atoms with Gasteiger partial charge in [0.1, 0.15) is 11.5 Å². The maximum absolute atomic E-state index is 14.2. The van der Waals surface area contributed by atoms with Gasteiger partial charge in [-0.15, -0.1) is 0 Å². The van der Waals surface area contributed by atoms with Gasteiger partial charge in [-0.25, -0.2) is 4.98 Å². The first-order valence-electron chi connectivity index (χ1n) is 14.2. The Morgan fingerprint density at radius 2 is 1.75 bits per heavy atom. The lowest BCUT2D eigenvalue weighted by atomic mass is 9.99. The van der Waals surface area contributed by atoms with Crippen molar-refractivity contribution in [1.29, 1.82) is 0 Å². The zero-order valence-electron chi connectivity index (χ0n) is 24.4. The lowest BCUT2D eigenvalue weighted by molar-refractivity contribution is 0.102. The van der Waals surface area contributed by atoms with E-state index in [4.69, 9.17) is 28.2 Å². The molecule has 0 spiro atoms. The number of fused-ring (bicyclic) bond motifs is 1. The number of aromatic nitrogens is 5. The van der Waals surface area contributed by atoms with E-state index in [2.05, 4.69) is 32.0 Å². The van der Waals surface area contributed by atoms with Crippen LogP contribution in [0, 0.1) is 0 Å². The lowest BCUT2D eigenvalue weighted by Crippen LogP contribution is -2.16. The number of amides is 1. The number of anilines is 1. The van der Waals surface area contributed by atoms with E-state index in [0.717, 1.165) is 44.6 Å². The Morgan fingerprint density at radius 3 is 2.48 bits per heavy atom. The van der Waals surface area contributed by atoms with Gasteiger partial charge < -0.3 is 14.9 Å². The van der Waals surface area contributed by atoms with E-state index in [0.29, 0.717) is 27.1 Å². The summed E-state index contributed by atoms with van der Waals surface area (Å²) >= 11 is 12.6. The van der Waals surface area contributed by atoms with Gasteiger partial charge in [0.15, 0.2) is 0 Å². The minimum atomic E-state index is -0.334. The first-order chi connectivity index (χ1) is 21.4. The van der Waals surface area contributed by atoms with E-state index in [9.17, 15) is 4.79 Å². The predicted octanol–water partition coefficient (Wildman–Crippen LogP) is 9.57. The molecule has 1 atom stereocenters. The average Bonchev–Trinajstić information content (AvgIpc) is 3.77. The monoisotopic (exact) mass is 620 g/mol. The van der Waals surface area contributed by atoms with Crippen molar-refractivity contribution < 1.29 is 4.79 Å². The van der Waals surface area contributed by atoms with Crippen molar-refractivity contribution >= 4 is 51.4 Å². The smallest absolute Gasteiger partial charge is 0.273 e. The first-order valence-corrected chi connectivity index (χ1v) is 15.0. The van der Waals surface area contributed by atoms with E-state index < -0.39 is 0 Å². The Kier molecular flexibility index (Phi) is 8.24. The molecule has 6 aromatic rings.